The Morgan fingerprint density at radius 3 is 2.55 bits per heavy atom. The van der Waals surface area contributed by atoms with E-state index in [1.54, 1.807) is 6.20 Å². The third-order valence-corrected chi connectivity index (χ3v) is 3.16. The minimum atomic E-state index is 0.162. The minimum Gasteiger partial charge on any atom is -0.457 e. The monoisotopic (exact) mass is 265 g/mol. The second-order valence-electron chi connectivity index (χ2n) is 4.55. The Morgan fingerprint density at radius 2 is 1.75 bits per heavy atom. The first-order chi connectivity index (χ1) is 9.86. The van der Waals surface area contributed by atoms with Crippen LogP contribution in [0.15, 0.2) is 60.8 Å². The maximum absolute atomic E-state index is 8.90. The van der Waals surface area contributed by atoms with E-state index >= 15 is 0 Å². The van der Waals surface area contributed by atoms with Crippen molar-refractivity contribution in [2.75, 3.05) is 6.61 Å². The molecular formula is C17H15NO2. The second-order valence-corrected chi connectivity index (χ2v) is 4.55. The van der Waals surface area contributed by atoms with Crippen LogP contribution in [0.4, 0.5) is 0 Å². The maximum Gasteiger partial charge on any atom is 0.138 e. The Balaban J connectivity index is 1.89. The second kappa shape index (κ2) is 5.72. The van der Waals surface area contributed by atoms with Crippen LogP contribution in [-0.2, 0) is 6.42 Å². The molecule has 1 heterocycles. The molecule has 0 aliphatic carbocycles. The number of rotatable bonds is 4. The van der Waals surface area contributed by atoms with Crippen LogP contribution >= 0.6 is 0 Å². The number of benzene rings is 2. The maximum atomic E-state index is 8.90. The van der Waals surface area contributed by atoms with Crippen LogP contribution in [0.25, 0.3) is 10.9 Å². The molecule has 3 nitrogen and oxygen atoms in total. The Kier molecular flexibility index (Phi) is 3.61. The van der Waals surface area contributed by atoms with Crippen molar-refractivity contribution in [2.45, 2.75) is 6.42 Å². The van der Waals surface area contributed by atoms with Gasteiger partial charge in [-0.15, -0.1) is 0 Å². The van der Waals surface area contributed by atoms with Crippen LogP contribution in [0.2, 0.25) is 0 Å². The Bertz CT molecular complexity index is 702. The number of aromatic nitrogens is 1. The van der Waals surface area contributed by atoms with Gasteiger partial charge in [-0.25, -0.2) is 0 Å². The van der Waals surface area contributed by atoms with E-state index in [-0.39, 0.29) is 6.61 Å². The van der Waals surface area contributed by atoms with Crippen LogP contribution in [-0.4, -0.2) is 16.7 Å². The molecule has 20 heavy (non-hydrogen) atoms. The summed E-state index contributed by atoms with van der Waals surface area (Å²) in [6.45, 7) is 0.162. The standard InChI is InChI=1S/C17H15NO2/c19-12-10-13-5-7-14(8-6-13)20-17-9-11-18-16-4-2-1-3-15(16)17/h1-9,11,19H,10,12H2. The van der Waals surface area contributed by atoms with E-state index in [2.05, 4.69) is 4.98 Å². The lowest BCUT2D eigenvalue weighted by atomic mass is 10.1. The molecule has 100 valence electrons. The summed E-state index contributed by atoms with van der Waals surface area (Å²) in [5.41, 5.74) is 2.02. The summed E-state index contributed by atoms with van der Waals surface area (Å²) in [4.78, 5) is 4.31. The highest BCUT2D eigenvalue weighted by Crippen LogP contribution is 2.28. The minimum absolute atomic E-state index is 0.162. The highest BCUT2D eigenvalue weighted by Gasteiger charge is 2.03. The van der Waals surface area contributed by atoms with E-state index in [1.807, 2.05) is 54.6 Å². The van der Waals surface area contributed by atoms with Gasteiger partial charge in [0.1, 0.15) is 11.5 Å². The molecule has 3 heteroatoms. The Morgan fingerprint density at radius 1 is 0.950 bits per heavy atom. The van der Waals surface area contributed by atoms with E-state index in [0.717, 1.165) is 28.0 Å². The molecule has 0 spiro atoms. The SMILES string of the molecule is OCCc1ccc(Oc2ccnc3ccccc23)cc1. The van der Waals surface area contributed by atoms with E-state index < -0.39 is 0 Å². The molecule has 0 aliphatic heterocycles. The van der Waals surface area contributed by atoms with Crippen molar-refractivity contribution in [2.24, 2.45) is 0 Å². The number of aliphatic hydroxyl groups excluding tert-OH is 1. The molecule has 0 saturated carbocycles. The van der Waals surface area contributed by atoms with Gasteiger partial charge in [-0.05, 0) is 42.3 Å². The molecule has 0 amide bonds. The zero-order chi connectivity index (χ0) is 13.8. The lowest BCUT2D eigenvalue weighted by Gasteiger charge is -2.09. The van der Waals surface area contributed by atoms with E-state index in [9.17, 15) is 0 Å². The average Bonchev–Trinajstić information content (AvgIpc) is 2.50. The van der Waals surface area contributed by atoms with E-state index in [4.69, 9.17) is 9.84 Å². The summed E-state index contributed by atoms with van der Waals surface area (Å²) in [7, 11) is 0. The summed E-state index contributed by atoms with van der Waals surface area (Å²) in [6, 6.07) is 17.5. The molecule has 0 atom stereocenters. The van der Waals surface area contributed by atoms with Gasteiger partial charge < -0.3 is 9.84 Å². The van der Waals surface area contributed by atoms with Gasteiger partial charge in [0.15, 0.2) is 0 Å². The molecule has 2 aromatic carbocycles. The molecule has 1 aromatic heterocycles. The first-order valence-corrected chi connectivity index (χ1v) is 6.58. The summed E-state index contributed by atoms with van der Waals surface area (Å²) in [6.07, 6.45) is 2.41. The molecule has 3 rings (SSSR count). The molecule has 0 fully saturated rings. The fraction of sp³-hybridized carbons (Fsp3) is 0.118. The van der Waals surface area contributed by atoms with Crippen molar-refractivity contribution in [3.63, 3.8) is 0 Å². The van der Waals surface area contributed by atoms with Gasteiger partial charge >= 0.3 is 0 Å². The van der Waals surface area contributed by atoms with Crippen molar-refractivity contribution in [3.8, 4) is 11.5 Å². The lowest BCUT2D eigenvalue weighted by Crippen LogP contribution is -1.91. The summed E-state index contributed by atoms with van der Waals surface area (Å²) >= 11 is 0. The van der Waals surface area contributed by atoms with Crippen LogP contribution in [0, 0.1) is 0 Å². The number of aliphatic hydroxyl groups is 1. The van der Waals surface area contributed by atoms with Crippen molar-refractivity contribution >= 4 is 10.9 Å². The number of pyridine rings is 1. The number of para-hydroxylation sites is 1. The smallest absolute Gasteiger partial charge is 0.138 e. The molecule has 0 aliphatic rings. The van der Waals surface area contributed by atoms with Crippen LogP contribution in [0.5, 0.6) is 11.5 Å². The van der Waals surface area contributed by atoms with Crippen molar-refractivity contribution in [1.29, 1.82) is 0 Å². The number of nitrogens with zero attached hydrogens (tertiary/aromatic N) is 1. The Hall–Kier alpha value is -2.39. The normalized spacial score (nSPS) is 10.7. The van der Waals surface area contributed by atoms with Gasteiger partial charge in [0.05, 0.1) is 5.52 Å². The van der Waals surface area contributed by atoms with E-state index in [0.29, 0.717) is 6.42 Å². The van der Waals surface area contributed by atoms with E-state index in [1.165, 1.54) is 0 Å². The quantitative estimate of drug-likeness (QED) is 0.784. The number of ether oxygens (including phenoxy) is 1. The summed E-state index contributed by atoms with van der Waals surface area (Å²) in [5.74, 6) is 1.58. The van der Waals surface area contributed by atoms with Gasteiger partial charge in [-0.3, -0.25) is 4.98 Å². The molecule has 0 saturated heterocycles. The predicted molar refractivity (Wildman–Crippen MR) is 79.0 cm³/mol. The van der Waals surface area contributed by atoms with Gasteiger partial charge in [-0.1, -0.05) is 24.3 Å². The molecular weight excluding hydrogens is 250 g/mol. The van der Waals surface area contributed by atoms with Crippen LogP contribution in [0.1, 0.15) is 5.56 Å². The van der Waals surface area contributed by atoms with Gasteiger partial charge in [0, 0.05) is 18.2 Å². The highest BCUT2D eigenvalue weighted by atomic mass is 16.5. The molecule has 0 radical (unpaired) electrons. The highest BCUT2D eigenvalue weighted by molar-refractivity contribution is 5.84. The third kappa shape index (κ3) is 2.63. The summed E-state index contributed by atoms with van der Waals surface area (Å²) in [5, 5.41) is 9.90. The fourth-order valence-corrected chi connectivity index (χ4v) is 2.14. The molecule has 0 bridgehead atoms. The predicted octanol–water partition coefficient (Wildman–Crippen LogP) is 3.56. The van der Waals surface area contributed by atoms with Crippen molar-refractivity contribution < 1.29 is 9.84 Å². The number of hydrogen-bond acceptors (Lipinski definition) is 3. The van der Waals surface area contributed by atoms with Gasteiger partial charge in [0.25, 0.3) is 0 Å². The van der Waals surface area contributed by atoms with Gasteiger partial charge in [-0.2, -0.15) is 0 Å². The van der Waals surface area contributed by atoms with Crippen LogP contribution < -0.4 is 4.74 Å². The first-order valence-electron chi connectivity index (χ1n) is 6.58. The Labute approximate surface area is 117 Å². The lowest BCUT2D eigenvalue weighted by molar-refractivity contribution is 0.299. The third-order valence-electron chi connectivity index (χ3n) is 3.16. The topological polar surface area (TPSA) is 42.4 Å². The number of fused-ring (bicyclic) bond motifs is 1. The molecule has 0 unspecified atom stereocenters. The molecule has 3 aromatic rings. The fourth-order valence-electron chi connectivity index (χ4n) is 2.14. The zero-order valence-corrected chi connectivity index (χ0v) is 11.0. The average molecular weight is 265 g/mol. The van der Waals surface area contributed by atoms with Crippen molar-refractivity contribution in [3.05, 3.63) is 66.4 Å². The number of hydrogen-bond donors (Lipinski definition) is 1. The largest absolute Gasteiger partial charge is 0.457 e. The molecule has 1 N–H and O–H groups in total. The summed E-state index contributed by atoms with van der Waals surface area (Å²) < 4.78 is 5.92. The van der Waals surface area contributed by atoms with Crippen molar-refractivity contribution in [1.82, 2.24) is 4.98 Å². The van der Waals surface area contributed by atoms with Crippen LogP contribution in [0.3, 0.4) is 0 Å². The first kappa shape index (κ1) is 12.6. The van der Waals surface area contributed by atoms with Gasteiger partial charge in [0.2, 0.25) is 0 Å². The zero-order valence-electron chi connectivity index (χ0n) is 11.0.